The van der Waals surface area contributed by atoms with E-state index in [0.717, 1.165) is 37.4 Å². The van der Waals surface area contributed by atoms with E-state index in [1.807, 2.05) is 0 Å². The molecule has 0 saturated heterocycles. The van der Waals surface area contributed by atoms with E-state index in [2.05, 4.69) is 10.1 Å². The number of pyridine rings is 1. The summed E-state index contributed by atoms with van der Waals surface area (Å²) in [5.41, 5.74) is -9.21. The Labute approximate surface area is 194 Å². The molecular weight excluding hydrogens is 516 g/mol. The maximum atomic E-state index is 13.7. The molecule has 2 aromatic heterocycles. The van der Waals surface area contributed by atoms with Gasteiger partial charge in [-0.3, -0.25) is 4.79 Å². The molecule has 0 radical (unpaired) electrons. The van der Waals surface area contributed by atoms with Crippen molar-refractivity contribution in [3.8, 4) is 11.9 Å². The second-order valence-corrected chi connectivity index (χ2v) is 7.03. The number of halogens is 10. The molecule has 3 aromatic rings. The molecule has 0 bridgehead atoms. The van der Waals surface area contributed by atoms with Gasteiger partial charge in [0.05, 0.1) is 5.56 Å². The van der Waals surface area contributed by atoms with E-state index in [9.17, 15) is 54.0 Å². The minimum Gasteiger partial charge on any atom is -0.310 e. The van der Waals surface area contributed by atoms with Crippen LogP contribution in [0, 0.1) is 17.1 Å². The Kier molecular flexibility index (Phi) is 6.47. The highest BCUT2D eigenvalue weighted by atomic mass is 19.4. The molecule has 1 aromatic carbocycles. The van der Waals surface area contributed by atoms with Gasteiger partial charge in [0, 0.05) is 18.8 Å². The van der Waals surface area contributed by atoms with Gasteiger partial charge in [-0.25, -0.2) is 14.1 Å². The van der Waals surface area contributed by atoms with E-state index in [1.165, 1.54) is 0 Å². The minimum absolute atomic E-state index is 0.0289. The van der Waals surface area contributed by atoms with Crippen molar-refractivity contribution >= 4 is 11.6 Å². The molecule has 0 aliphatic rings. The topological polar surface area (TPSA) is 74.8 Å². The molecule has 3 rings (SSSR count). The molecule has 190 valence electrons. The van der Waals surface area contributed by atoms with E-state index in [1.54, 1.807) is 0 Å². The maximum absolute atomic E-state index is 13.7. The number of nitrogens with zero attached hydrogens (tertiary/aromatic N) is 5. The Balaban J connectivity index is 2.29. The molecular formula is C20H9F10N5O. The molecule has 2 heterocycles. The highest BCUT2D eigenvalue weighted by Crippen LogP contribution is 2.40. The fourth-order valence-electron chi connectivity index (χ4n) is 2.97. The zero-order valence-electron chi connectivity index (χ0n) is 17.4. The van der Waals surface area contributed by atoms with E-state index >= 15 is 0 Å². The third kappa shape index (κ3) is 5.09. The van der Waals surface area contributed by atoms with E-state index in [0.29, 0.717) is 4.90 Å². The molecule has 0 saturated carbocycles. The van der Waals surface area contributed by atoms with Crippen LogP contribution in [0.2, 0.25) is 0 Å². The lowest BCUT2D eigenvalue weighted by molar-refractivity contribution is -0.145. The predicted octanol–water partition coefficient (Wildman–Crippen LogP) is 5.61. The largest absolute Gasteiger partial charge is 0.433 e. The van der Waals surface area contributed by atoms with Crippen molar-refractivity contribution in [1.29, 1.82) is 5.26 Å². The van der Waals surface area contributed by atoms with E-state index in [-0.39, 0.29) is 11.8 Å². The molecule has 0 spiro atoms. The Morgan fingerprint density at radius 1 is 0.944 bits per heavy atom. The summed E-state index contributed by atoms with van der Waals surface area (Å²) in [4.78, 5) is 16.2. The first kappa shape index (κ1) is 26.4. The highest BCUT2D eigenvalue weighted by Gasteiger charge is 2.44. The van der Waals surface area contributed by atoms with Crippen molar-refractivity contribution in [2.24, 2.45) is 0 Å². The first-order valence-electron chi connectivity index (χ1n) is 9.26. The molecule has 0 unspecified atom stereocenters. The van der Waals surface area contributed by atoms with Gasteiger partial charge in [0.2, 0.25) is 0 Å². The molecule has 0 atom stereocenters. The summed E-state index contributed by atoms with van der Waals surface area (Å²) in [6.07, 6.45) is -16.6. The van der Waals surface area contributed by atoms with Crippen LogP contribution in [-0.2, 0) is 18.5 Å². The van der Waals surface area contributed by atoms with Crippen LogP contribution in [0.25, 0.3) is 5.82 Å². The Morgan fingerprint density at radius 2 is 1.53 bits per heavy atom. The van der Waals surface area contributed by atoms with Gasteiger partial charge in [0.15, 0.2) is 17.2 Å². The van der Waals surface area contributed by atoms with Crippen molar-refractivity contribution in [3.63, 3.8) is 0 Å². The smallest absolute Gasteiger partial charge is 0.310 e. The summed E-state index contributed by atoms with van der Waals surface area (Å²) in [5.74, 6) is -3.73. The van der Waals surface area contributed by atoms with Gasteiger partial charge in [0.25, 0.3) is 5.91 Å². The number of carbonyl (C=O) groups excluding carboxylic acids is 1. The van der Waals surface area contributed by atoms with Crippen LogP contribution in [0.3, 0.4) is 0 Å². The minimum atomic E-state index is -5.59. The molecule has 16 heteroatoms. The van der Waals surface area contributed by atoms with Crippen LogP contribution in [0.1, 0.15) is 33.0 Å². The second kappa shape index (κ2) is 8.81. The monoisotopic (exact) mass is 525 g/mol. The van der Waals surface area contributed by atoms with Gasteiger partial charge in [-0.2, -0.15) is 49.9 Å². The molecule has 6 nitrogen and oxygen atoms in total. The van der Waals surface area contributed by atoms with Gasteiger partial charge in [-0.1, -0.05) is 0 Å². The van der Waals surface area contributed by atoms with Crippen LogP contribution >= 0.6 is 0 Å². The molecule has 0 fully saturated rings. The highest BCUT2D eigenvalue weighted by molar-refractivity contribution is 6.04. The average molecular weight is 525 g/mol. The summed E-state index contributed by atoms with van der Waals surface area (Å²) in [6, 6.07) is 4.45. The Morgan fingerprint density at radius 3 is 2.00 bits per heavy atom. The number of alkyl halides is 9. The normalized spacial score (nSPS) is 12.4. The predicted molar refractivity (Wildman–Crippen MR) is 100 cm³/mol. The molecule has 0 aliphatic heterocycles. The summed E-state index contributed by atoms with van der Waals surface area (Å²) in [6.45, 7) is 0. The number of anilines is 1. The van der Waals surface area contributed by atoms with Crippen LogP contribution in [0.4, 0.5) is 49.6 Å². The lowest BCUT2D eigenvalue weighted by atomic mass is 10.1. The van der Waals surface area contributed by atoms with E-state index < -0.39 is 75.0 Å². The number of benzene rings is 1. The summed E-state index contributed by atoms with van der Waals surface area (Å²) in [7, 11) is 1.05. The number of rotatable bonds is 3. The van der Waals surface area contributed by atoms with Crippen LogP contribution in [0.5, 0.6) is 0 Å². The number of hydrogen-bond donors (Lipinski definition) is 0. The third-order valence-corrected chi connectivity index (χ3v) is 4.65. The molecule has 0 aliphatic carbocycles. The average Bonchev–Trinajstić information content (AvgIpc) is 3.22. The van der Waals surface area contributed by atoms with Gasteiger partial charge < -0.3 is 4.90 Å². The molecule has 36 heavy (non-hydrogen) atoms. The standard InChI is InChI=1S/C20H9F10N5O/c1-34(10-4-2-9(21)3-5-10)17(36)13-7-15(20(28,29)30)35(33-13)16-11(8-31)12(18(22,23)24)6-14(32-16)19(25,26)27/h2-7H,1H3. The van der Waals surface area contributed by atoms with Crippen molar-refractivity contribution in [2.75, 3.05) is 11.9 Å². The fourth-order valence-corrected chi connectivity index (χ4v) is 2.97. The third-order valence-electron chi connectivity index (χ3n) is 4.65. The summed E-state index contributed by atoms with van der Waals surface area (Å²) in [5, 5.41) is 12.4. The summed E-state index contributed by atoms with van der Waals surface area (Å²) >= 11 is 0. The molecule has 0 N–H and O–H groups in total. The molecule has 1 amide bonds. The first-order chi connectivity index (χ1) is 16.4. The fraction of sp³-hybridized carbons (Fsp3) is 0.200. The first-order valence-corrected chi connectivity index (χ1v) is 9.26. The number of carbonyl (C=O) groups is 1. The van der Waals surface area contributed by atoms with Gasteiger partial charge in [0.1, 0.15) is 23.1 Å². The number of nitriles is 1. The zero-order chi connectivity index (χ0) is 27.2. The second-order valence-electron chi connectivity index (χ2n) is 7.03. The van der Waals surface area contributed by atoms with Gasteiger partial charge in [-0.05, 0) is 30.3 Å². The lowest BCUT2D eigenvalue weighted by Crippen LogP contribution is -2.27. The quantitative estimate of drug-likeness (QED) is 0.417. The van der Waals surface area contributed by atoms with Crippen LogP contribution < -0.4 is 4.90 Å². The van der Waals surface area contributed by atoms with Crippen LogP contribution in [-0.4, -0.2) is 27.7 Å². The van der Waals surface area contributed by atoms with Gasteiger partial charge in [-0.15, -0.1) is 0 Å². The van der Waals surface area contributed by atoms with E-state index in [4.69, 9.17) is 0 Å². The Bertz CT molecular complexity index is 1350. The van der Waals surface area contributed by atoms with Crippen molar-refractivity contribution in [2.45, 2.75) is 18.5 Å². The zero-order valence-corrected chi connectivity index (χ0v) is 17.4. The Hall–Kier alpha value is -4.16. The van der Waals surface area contributed by atoms with Crippen molar-refractivity contribution in [3.05, 3.63) is 70.4 Å². The summed E-state index contributed by atoms with van der Waals surface area (Å²) < 4.78 is 134. The van der Waals surface area contributed by atoms with Gasteiger partial charge >= 0.3 is 18.5 Å². The maximum Gasteiger partial charge on any atom is 0.433 e. The van der Waals surface area contributed by atoms with Crippen molar-refractivity contribution in [1.82, 2.24) is 14.8 Å². The number of aromatic nitrogens is 3. The number of amides is 1. The van der Waals surface area contributed by atoms with Crippen LogP contribution in [0.15, 0.2) is 36.4 Å². The van der Waals surface area contributed by atoms with Crippen molar-refractivity contribution < 1.29 is 48.7 Å². The number of hydrogen-bond acceptors (Lipinski definition) is 4. The SMILES string of the molecule is CN(C(=O)c1cc(C(F)(F)F)n(-c2nc(C(F)(F)F)cc(C(F)(F)F)c2C#N)n1)c1ccc(F)cc1. The lowest BCUT2D eigenvalue weighted by Gasteiger charge is -2.17.